The van der Waals surface area contributed by atoms with E-state index in [0.717, 1.165) is 37.4 Å². The standard InChI is InChI=1S/C14H23N5/c1-5-6-19-10-13(12(3)17-19)8-15-9-14-7-11(2)16-18(14)4/h7,10,15H,5-6,8-9H2,1-4H3. The third-order valence-electron chi connectivity index (χ3n) is 3.22. The van der Waals surface area contributed by atoms with Gasteiger partial charge in [0.25, 0.3) is 0 Å². The van der Waals surface area contributed by atoms with Gasteiger partial charge in [0.05, 0.1) is 17.1 Å². The van der Waals surface area contributed by atoms with E-state index in [9.17, 15) is 0 Å². The van der Waals surface area contributed by atoms with Crippen LogP contribution in [0.25, 0.3) is 0 Å². The fourth-order valence-corrected chi connectivity index (χ4v) is 2.23. The van der Waals surface area contributed by atoms with E-state index in [2.05, 4.69) is 41.6 Å². The van der Waals surface area contributed by atoms with Crippen LogP contribution in [-0.4, -0.2) is 19.6 Å². The zero-order valence-electron chi connectivity index (χ0n) is 12.3. The zero-order valence-corrected chi connectivity index (χ0v) is 12.3. The molecule has 0 spiro atoms. The van der Waals surface area contributed by atoms with Gasteiger partial charge in [-0.2, -0.15) is 10.2 Å². The van der Waals surface area contributed by atoms with Gasteiger partial charge in [0.1, 0.15) is 0 Å². The molecule has 0 radical (unpaired) electrons. The van der Waals surface area contributed by atoms with Crippen molar-refractivity contribution in [1.29, 1.82) is 0 Å². The Morgan fingerprint density at radius 1 is 1.21 bits per heavy atom. The Bertz CT molecular complexity index is 538. The molecule has 0 saturated heterocycles. The van der Waals surface area contributed by atoms with Gasteiger partial charge in [0.2, 0.25) is 0 Å². The maximum atomic E-state index is 4.51. The quantitative estimate of drug-likeness (QED) is 0.864. The van der Waals surface area contributed by atoms with E-state index < -0.39 is 0 Å². The number of hydrogen-bond donors (Lipinski definition) is 1. The summed E-state index contributed by atoms with van der Waals surface area (Å²) < 4.78 is 3.95. The molecule has 0 aliphatic carbocycles. The summed E-state index contributed by atoms with van der Waals surface area (Å²) in [6, 6.07) is 2.11. The summed E-state index contributed by atoms with van der Waals surface area (Å²) in [5.74, 6) is 0. The second-order valence-electron chi connectivity index (χ2n) is 5.01. The fraction of sp³-hybridized carbons (Fsp3) is 0.571. The van der Waals surface area contributed by atoms with Crippen LogP contribution >= 0.6 is 0 Å². The molecule has 0 unspecified atom stereocenters. The number of nitrogens with one attached hydrogen (secondary N) is 1. The minimum Gasteiger partial charge on any atom is -0.307 e. The minimum atomic E-state index is 0.829. The highest BCUT2D eigenvalue weighted by Crippen LogP contribution is 2.07. The summed E-state index contributed by atoms with van der Waals surface area (Å²) >= 11 is 0. The van der Waals surface area contributed by atoms with Gasteiger partial charge in [0, 0.05) is 38.4 Å². The summed E-state index contributed by atoms with van der Waals surface area (Å²) in [5, 5.41) is 12.3. The molecule has 1 N–H and O–H groups in total. The highest BCUT2D eigenvalue weighted by Gasteiger charge is 2.05. The fourth-order valence-electron chi connectivity index (χ4n) is 2.23. The molecule has 0 amide bonds. The van der Waals surface area contributed by atoms with Gasteiger partial charge < -0.3 is 5.32 Å². The van der Waals surface area contributed by atoms with E-state index in [1.54, 1.807) is 0 Å². The van der Waals surface area contributed by atoms with Gasteiger partial charge in [-0.25, -0.2) is 0 Å². The minimum absolute atomic E-state index is 0.829. The van der Waals surface area contributed by atoms with E-state index in [4.69, 9.17) is 0 Å². The molecule has 104 valence electrons. The lowest BCUT2D eigenvalue weighted by atomic mass is 10.2. The Morgan fingerprint density at radius 3 is 2.63 bits per heavy atom. The highest BCUT2D eigenvalue weighted by molar-refractivity contribution is 5.15. The lowest BCUT2D eigenvalue weighted by Crippen LogP contribution is -2.15. The maximum absolute atomic E-state index is 4.51. The molecule has 0 fully saturated rings. The summed E-state index contributed by atoms with van der Waals surface area (Å²) in [7, 11) is 1.98. The number of aromatic nitrogens is 4. The molecule has 0 bridgehead atoms. The molecule has 0 aliphatic rings. The van der Waals surface area contributed by atoms with Crippen LogP contribution in [0.2, 0.25) is 0 Å². The van der Waals surface area contributed by atoms with Crippen molar-refractivity contribution in [3.63, 3.8) is 0 Å². The van der Waals surface area contributed by atoms with Crippen molar-refractivity contribution in [3.8, 4) is 0 Å². The molecule has 0 atom stereocenters. The van der Waals surface area contributed by atoms with E-state index in [1.165, 1.54) is 11.3 Å². The van der Waals surface area contributed by atoms with Gasteiger partial charge >= 0.3 is 0 Å². The average Bonchev–Trinajstić information content (AvgIpc) is 2.84. The Labute approximate surface area is 114 Å². The molecule has 2 heterocycles. The van der Waals surface area contributed by atoms with Crippen LogP contribution in [-0.2, 0) is 26.7 Å². The molecule has 2 rings (SSSR count). The Balaban J connectivity index is 1.90. The second kappa shape index (κ2) is 6.02. The lowest BCUT2D eigenvalue weighted by Gasteiger charge is -2.04. The molecule has 2 aromatic heterocycles. The highest BCUT2D eigenvalue weighted by atomic mass is 15.3. The summed E-state index contributed by atoms with van der Waals surface area (Å²) in [6.45, 7) is 8.91. The van der Waals surface area contributed by atoms with Gasteiger partial charge in [-0.1, -0.05) is 6.92 Å². The molecular formula is C14H23N5. The SMILES string of the molecule is CCCn1cc(CNCc2cc(C)nn2C)c(C)n1. The first-order chi connectivity index (χ1) is 9.10. The van der Waals surface area contributed by atoms with Gasteiger partial charge in [-0.3, -0.25) is 9.36 Å². The molecule has 2 aromatic rings. The van der Waals surface area contributed by atoms with Gasteiger partial charge in [-0.05, 0) is 26.3 Å². The summed E-state index contributed by atoms with van der Waals surface area (Å²) in [5.41, 5.74) is 4.65. The Kier molecular flexibility index (Phi) is 4.37. The predicted octanol–water partition coefficient (Wildman–Crippen LogP) is 1.93. The topological polar surface area (TPSA) is 47.7 Å². The molecule has 19 heavy (non-hydrogen) atoms. The van der Waals surface area contributed by atoms with Crippen LogP contribution in [0.4, 0.5) is 0 Å². The van der Waals surface area contributed by atoms with Crippen molar-refractivity contribution in [2.24, 2.45) is 7.05 Å². The van der Waals surface area contributed by atoms with E-state index in [0.29, 0.717) is 0 Å². The van der Waals surface area contributed by atoms with Crippen molar-refractivity contribution in [2.75, 3.05) is 0 Å². The molecule has 5 nitrogen and oxygen atoms in total. The normalized spacial score (nSPS) is 11.2. The van der Waals surface area contributed by atoms with Crippen LogP contribution in [0.5, 0.6) is 0 Å². The van der Waals surface area contributed by atoms with E-state index in [1.807, 2.05) is 23.3 Å². The second-order valence-corrected chi connectivity index (χ2v) is 5.01. The van der Waals surface area contributed by atoms with Crippen LogP contribution < -0.4 is 5.32 Å². The monoisotopic (exact) mass is 261 g/mol. The largest absolute Gasteiger partial charge is 0.307 e. The van der Waals surface area contributed by atoms with Crippen LogP contribution in [0.3, 0.4) is 0 Å². The Hall–Kier alpha value is -1.62. The maximum Gasteiger partial charge on any atom is 0.0638 e. The predicted molar refractivity (Wildman–Crippen MR) is 75.7 cm³/mol. The Morgan fingerprint density at radius 2 is 2.00 bits per heavy atom. The van der Waals surface area contributed by atoms with Crippen molar-refractivity contribution in [1.82, 2.24) is 24.9 Å². The number of rotatable bonds is 6. The molecule has 5 heteroatoms. The third-order valence-corrected chi connectivity index (χ3v) is 3.22. The number of aryl methyl sites for hydroxylation is 4. The lowest BCUT2D eigenvalue weighted by molar-refractivity contribution is 0.596. The first-order valence-electron chi connectivity index (χ1n) is 6.83. The molecule has 0 aliphatic heterocycles. The smallest absolute Gasteiger partial charge is 0.0638 e. The van der Waals surface area contributed by atoms with Gasteiger partial charge in [0.15, 0.2) is 0 Å². The first kappa shape index (κ1) is 13.8. The third kappa shape index (κ3) is 3.44. The van der Waals surface area contributed by atoms with Crippen LogP contribution in [0, 0.1) is 13.8 Å². The summed E-state index contributed by atoms with van der Waals surface area (Å²) in [4.78, 5) is 0. The van der Waals surface area contributed by atoms with Gasteiger partial charge in [-0.15, -0.1) is 0 Å². The first-order valence-corrected chi connectivity index (χ1v) is 6.83. The van der Waals surface area contributed by atoms with Crippen molar-refractivity contribution >= 4 is 0 Å². The zero-order chi connectivity index (χ0) is 13.8. The average molecular weight is 261 g/mol. The van der Waals surface area contributed by atoms with E-state index in [-0.39, 0.29) is 0 Å². The molecular weight excluding hydrogens is 238 g/mol. The van der Waals surface area contributed by atoms with Crippen LogP contribution in [0.15, 0.2) is 12.3 Å². The van der Waals surface area contributed by atoms with Crippen LogP contribution in [0.1, 0.15) is 36.0 Å². The van der Waals surface area contributed by atoms with Crippen molar-refractivity contribution < 1.29 is 0 Å². The van der Waals surface area contributed by atoms with Crippen molar-refractivity contribution in [2.45, 2.75) is 46.8 Å². The van der Waals surface area contributed by atoms with E-state index >= 15 is 0 Å². The number of hydrogen-bond acceptors (Lipinski definition) is 3. The summed E-state index contributed by atoms with van der Waals surface area (Å²) in [6.07, 6.45) is 3.25. The van der Waals surface area contributed by atoms with Crippen molar-refractivity contribution in [3.05, 3.63) is 34.9 Å². The molecule has 0 saturated carbocycles. The number of nitrogens with zero attached hydrogens (tertiary/aromatic N) is 4. The molecule has 0 aromatic carbocycles.